The number of carbonyl (C=O) groups is 1. The lowest BCUT2D eigenvalue weighted by molar-refractivity contribution is -0.146. The molecule has 148 valence electrons. The quantitative estimate of drug-likeness (QED) is 0.310. The molecule has 1 rings (SSSR count). The van der Waals surface area contributed by atoms with Gasteiger partial charge < -0.3 is 14.2 Å². The van der Waals surface area contributed by atoms with Gasteiger partial charge in [-0.3, -0.25) is 4.79 Å². The summed E-state index contributed by atoms with van der Waals surface area (Å²) in [7, 11) is 0. The van der Waals surface area contributed by atoms with Crippen LogP contribution in [0.25, 0.3) is 0 Å². The summed E-state index contributed by atoms with van der Waals surface area (Å²) in [5.41, 5.74) is 1.65. The van der Waals surface area contributed by atoms with Crippen LogP contribution >= 0.6 is 0 Å². The van der Waals surface area contributed by atoms with Gasteiger partial charge in [-0.1, -0.05) is 53.7 Å². The van der Waals surface area contributed by atoms with E-state index in [9.17, 15) is 4.79 Å². The van der Waals surface area contributed by atoms with E-state index in [1.54, 1.807) is 0 Å². The largest absolute Gasteiger partial charge is 0.465 e. The number of hydrogen-bond acceptors (Lipinski definition) is 4. The van der Waals surface area contributed by atoms with Crippen molar-refractivity contribution in [1.82, 2.24) is 0 Å². The third-order valence-electron chi connectivity index (χ3n) is 4.24. The fraction of sp³-hybridized carbons (Fsp3) is 0.682. The maximum atomic E-state index is 10.8. The molecule has 0 radical (unpaired) electrons. The Bertz CT molecular complexity index is 528. The Morgan fingerprint density at radius 2 is 1.69 bits per heavy atom. The first-order valence-corrected chi connectivity index (χ1v) is 9.64. The summed E-state index contributed by atoms with van der Waals surface area (Å²) < 4.78 is 16.4. The molecule has 0 aromatic heterocycles. The van der Waals surface area contributed by atoms with Crippen molar-refractivity contribution in [1.29, 1.82) is 0 Å². The molecule has 26 heavy (non-hydrogen) atoms. The lowest BCUT2D eigenvalue weighted by atomic mass is 9.76. The summed E-state index contributed by atoms with van der Waals surface area (Å²) in [6.45, 7) is 15.4. The van der Waals surface area contributed by atoms with Gasteiger partial charge in [0.15, 0.2) is 6.29 Å². The van der Waals surface area contributed by atoms with Gasteiger partial charge >= 0.3 is 5.97 Å². The minimum absolute atomic E-state index is 0.247. The molecule has 4 heteroatoms. The lowest BCUT2D eigenvalue weighted by Crippen LogP contribution is -2.22. The van der Waals surface area contributed by atoms with Crippen LogP contribution in [0.5, 0.6) is 5.75 Å². The van der Waals surface area contributed by atoms with Crippen molar-refractivity contribution in [3.63, 3.8) is 0 Å². The topological polar surface area (TPSA) is 44.8 Å². The molecule has 0 amide bonds. The maximum Gasteiger partial charge on any atom is 0.302 e. The number of benzene rings is 1. The van der Waals surface area contributed by atoms with Crippen LogP contribution in [0.4, 0.5) is 0 Å². The van der Waals surface area contributed by atoms with Gasteiger partial charge in [-0.15, -0.1) is 0 Å². The van der Waals surface area contributed by atoms with E-state index in [0.29, 0.717) is 23.9 Å². The SMILES string of the molecule is CCC(OCCOC(C)=O)Oc1ccc(C(CC(C)(C)C)C(C)C)cc1. The Morgan fingerprint density at radius 1 is 1.08 bits per heavy atom. The molecule has 0 bridgehead atoms. The number of hydrogen-bond donors (Lipinski definition) is 0. The summed E-state index contributed by atoms with van der Waals surface area (Å²) in [5, 5.41) is 0. The van der Waals surface area contributed by atoms with Crippen molar-refractivity contribution in [2.24, 2.45) is 11.3 Å². The highest BCUT2D eigenvalue weighted by atomic mass is 16.7. The standard InChI is InChI=1S/C22H36O4/c1-8-21(25-14-13-24-17(4)23)26-19-11-9-18(10-12-19)20(16(2)3)15-22(5,6)7/h9-12,16,20-21H,8,13-15H2,1-7H3. The van der Waals surface area contributed by atoms with E-state index in [1.807, 2.05) is 19.1 Å². The Labute approximate surface area is 159 Å². The average Bonchev–Trinajstić information content (AvgIpc) is 2.55. The first-order chi connectivity index (χ1) is 12.1. The van der Waals surface area contributed by atoms with Crippen molar-refractivity contribution in [2.75, 3.05) is 13.2 Å². The van der Waals surface area contributed by atoms with Crippen LogP contribution < -0.4 is 4.74 Å². The van der Waals surface area contributed by atoms with Crippen LogP contribution in [0, 0.1) is 11.3 Å². The monoisotopic (exact) mass is 364 g/mol. The average molecular weight is 365 g/mol. The number of carbonyl (C=O) groups excluding carboxylic acids is 1. The third kappa shape index (κ3) is 8.70. The second-order valence-corrected chi connectivity index (χ2v) is 8.35. The Hall–Kier alpha value is -1.55. The van der Waals surface area contributed by atoms with E-state index in [1.165, 1.54) is 12.5 Å². The van der Waals surface area contributed by atoms with Crippen LogP contribution in [0.1, 0.15) is 72.8 Å². The van der Waals surface area contributed by atoms with E-state index in [0.717, 1.165) is 18.6 Å². The van der Waals surface area contributed by atoms with Crippen LogP contribution in [-0.4, -0.2) is 25.5 Å². The fourth-order valence-corrected chi connectivity index (χ4v) is 2.94. The molecule has 0 spiro atoms. The normalized spacial score (nSPS) is 14.2. The summed E-state index contributed by atoms with van der Waals surface area (Å²) in [6.07, 6.45) is 1.54. The predicted molar refractivity (Wildman–Crippen MR) is 105 cm³/mol. The molecule has 2 atom stereocenters. The summed E-state index contributed by atoms with van der Waals surface area (Å²) in [6, 6.07) is 8.37. The lowest BCUT2D eigenvalue weighted by Gasteiger charge is -2.29. The second-order valence-electron chi connectivity index (χ2n) is 8.35. The van der Waals surface area contributed by atoms with E-state index >= 15 is 0 Å². The van der Waals surface area contributed by atoms with Gasteiger partial charge in [0, 0.05) is 13.3 Å². The van der Waals surface area contributed by atoms with E-state index in [2.05, 4.69) is 46.8 Å². The zero-order valence-electron chi connectivity index (χ0n) is 17.5. The first-order valence-electron chi connectivity index (χ1n) is 9.64. The van der Waals surface area contributed by atoms with E-state index < -0.39 is 0 Å². The van der Waals surface area contributed by atoms with Crippen molar-refractivity contribution in [3.8, 4) is 5.75 Å². The molecular weight excluding hydrogens is 328 g/mol. The van der Waals surface area contributed by atoms with Gasteiger partial charge in [0.1, 0.15) is 12.4 Å². The zero-order valence-corrected chi connectivity index (χ0v) is 17.5. The molecular formula is C22H36O4. The molecule has 0 heterocycles. The Kier molecular flexibility index (Phi) is 9.14. The van der Waals surface area contributed by atoms with Crippen LogP contribution in [0.2, 0.25) is 0 Å². The van der Waals surface area contributed by atoms with Gasteiger partial charge in [0.25, 0.3) is 0 Å². The smallest absolute Gasteiger partial charge is 0.302 e. The minimum Gasteiger partial charge on any atom is -0.465 e. The molecule has 0 saturated carbocycles. The molecule has 2 unspecified atom stereocenters. The first kappa shape index (κ1) is 22.5. The molecule has 0 fully saturated rings. The van der Waals surface area contributed by atoms with Gasteiger partial charge in [0.2, 0.25) is 0 Å². The summed E-state index contributed by atoms with van der Waals surface area (Å²) in [4.78, 5) is 10.8. The third-order valence-corrected chi connectivity index (χ3v) is 4.24. The van der Waals surface area contributed by atoms with Gasteiger partial charge in [-0.2, -0.15) is 0 Å². The van der Waals surface area contributed by atoms with E-state index in [-0.39, 0.29) is 18.9 Å². The number of ether oxygens (including phenoxy) is 3. The molecule has 1 aromatic carbocycles. The molecule has 0 aliphatic carbocycles. The van der Waals surface area contributed by atoms with Crippen LogP contribution in [0.15, 0.2) is 24.3 Å². The fourth-order valence-electron chi connectivity index (χ4n) is 2.94. The highest BCUT2D eigenvalue weighted by Gasteiger charge is 2.23. The van der Waals surface area contributed by atoms with Crippen molar-refractivity contribution >= 4 is 5.97 Å². The molecule has 0 aliphatic heterocycles. The van der Waals surface area contributed by atoms with Crippen LogP contribution in [0.3, 0.4) is 0 Å². The molecule has 0 aliphatic rings. The molecule has 0 N–H and O–H groups in total. The second kappa shape index (κ2) is 10.6. The van der Waals surface area contributed by atoms with Crippen molar-refractivity contribution < 1.29 is 19.0 Å². The van der Waals surface area contributed by atoms with Crippen molar-refractivity contribution in [2.45, 2.75) is 73.5 Å². The maximum absolute atomic E-state index is 10.8. The Morgan fingerprint density at radius 3 is 2.15 bits per heavy atom. The predicted octanol–water partition coefficient (Wildman–Crippen LogP) is 5.56. The highest BCUT2D eigenvalue weighted by molar-refractivity contribution is 5.65. The number of esters is 1. The molecule has 0 saturated heterocycles. The summed E-state index contributed by atoms with van der Waals surface area (Å²) >= 11 is 0. The number of rotatable bonds is 10. The zero-order chi connectivity index (χ0) is 19.7. The van der Waals surface area contributed by atoms with Gasteiger partial charge in [-0.25, -0.2) is 0 Å². The van der Waals surface area contributed by atoms with Gasteiger partial charge in [0.05, 0.1) is 6.61 Å². The molecule has 1 aromatic rings. The van der Waals surface area contributed by atoms with Gasteiger partial charge in [-0.05, 0) is 41.4 Å². The molecule has 4 nitrogen and oxygen atoms in total. The van der Waals surface area contributed by atoms with Crippen LogP contribution in [-0.2, 0) is 14.3 Å². The van der Waals surface area contributed by atoms with Crippen molar-refractivity contribution in [3.05, 3.63) is 29.8 Å². The summed E-state index contributed by atoms with van der Waals surface area (Å²) in [5.74, 6) is 1.62. The minimum atomic E-state index is -0.341. The highest BCUT2D eigenvalue weighted by Crippen LogP contribution is 2.36. The Balaban J connectivity index is 2.65. The van der Waals surface area contributed by atoms with E-state index in [4.69, 9.17) is 14.2 Å².